The maximum absolute atomic E-state index is 11.5. The van der Waals surface area contributed by atoms with E-state index in [4.69, 9.17) is 0 Å². The number of hydrogen-bond donors (Lipinski definition) is 0. The highest BCUT2D eigenvalue weighted by molar-refractivity contribution is 5.87. The Morgan fingerprint density at radius 3 is 1.00 bits per heavy atom. The van der Waals surface area contributed by atoms with Crippen LogP contribution in [-0.2, 0) is 9.59 Å². The van der Waals surface area contributed by atoms with E-state index >= 15 is 0 Å². The molecular formula is C12H22O2. The van der Waals surface area contributed by atoms with E-state index in [2.05, 4.69) is 0 Å². The van der Waals surface area contributed by atoms with E-state index in [1.807, 2.05) is 27.7 Å². The van der Waals surface area contributed by atoms with E-state index in [0.717, 1.165) is 0 Å². The Labute approximate surface area is 87.1 Å². The van der Waals surface area contributed by atoms with Crippen molar-refractivity contribution in [3.63, 3.8) is 0 Å². The average molecular weight is 198 g/mol. The number of carbonyl (C=O) groups excluding carboxylic acids is 2. The summed E-state index contributed by atoms with van der Waals surface area (Å²) in [5.74, 6) is 0.510. The second kappa shape index (κ2) is 5.28. The molecule has 0 aliphatic heterocycles. The Kier molecular flexibility index (Phi) is 5.03. The number of rotatable bonds is 5. The molecule has 0 rings (SSSR count). The predicted octanol–water partition coefficient (Wildman–Crippen LogP) is 2.71. The Hall–Kier alpha value is -0.660. The van der Waals surface area contributed by atoms with Crippen molar-refractivity contribution in [2.24, 2.45) is 23.7 Å². The molecule has 0 bridgehead atoms. The van der Waals surface area contributed by atoms with Gasteiger partial charge in [-0.15, -0.1) is 0 Å². The first-order valence-corrected chi connectivity index (χ1v) is 5.29. The molecule has 0 aromatic carbocycles. The van der Waals surface area contributed by atoms with Crippen molar-refractivity contribution in [3.05, 3.63) is 0 Å². The smallest absolute Gasteiger partial charge is 0.133 e. The third-order valence-corrected chi connectivity index (χ3v) is 2.76. The van der Waals surface area contributed by atoms with Crippen molar-refractivity contribution < 1.29 is 9.59 Å². The monoisotopic (exact) mass is 198 g/mol. The summed E-state index contributed by atoms with van der Waals surface area (Å²) in [7, 11) is 0. The fourth-order valence-corrected chi connectivity index (χ4v) is 2.27. The summed E-state index contributed by atoms with van der Waals surface area (Å²) in [6.45, 7) is 11.2. The summed E-state index contributed by atoms with van der Waals surface area (Å²) in [6.07, 6.45) is 0. The highest BCUT2D eigenvalue weighted by Crippen LogP contribution is 2.28. The fraction of sp³-hybridized carbons (Fsp3) is 0.833. The van der Waals surface area contributed by atoms with Gasteiger partial charge in [-0.25, -0.2) is 0 Å². The van der Waals surface area contributed by atoms with E-state index in [9.17, 15) is 9.59 Å². The molecule has 0 spiro atoms. The van der Waals surface area contributed by atoms with Crippen LogP contribution in [0.2, 0.25) is 0 Å². The molecule has 2 nitrogen and oxygen atoms in total. The lowest BCUT2D eigenvalue weighted by atomic mass is 9.73. The van der Waals surface area contributed by atoms with Crippen molar-refractivity contribution in [1.29, 1.82) is 0 Å². The van der Waals surface area contributed by atoms with Crippen molar-refractivity contribution >= 4 is 11.6 Å². The van der Waals surface area contributed by atoms with E-state index in [0.29, 0.717) is 0 Å². The zero-order chi connectivity index (χ0) is 11.5. The van der Waals surface area contributed by atoms with Gasteiger partial charge in [0.2, 0.25) is 0 Å². The standard InChI is InChI=1S/C12H22O2/c1-7(2)11(9(5)13)12(8(3)4)10(6)14/h7-8,11-12H,1-6H3. The second-order valence-electron chi connectivity index (χ2n) is 4.76. The Balaban J connectivity index is 4.93. The van der Waals surface area contributed by atoms with Gasteiger partial charge in [-0.05, 0) is 25.7 Å². The molecule has 82 valence electrons. The number of Topliss-reactive ketones (excluding diaryl/α,β-unsaturated/α-hetero) is 2. The molecule has 2 heteroatoms. The van der Waals surface area contributed by atoms with Gasteiger partial charge in [0.05, 0.1) is 0 Å². The lowest BCUT2D eigenvalue weighted by Crippen LogP contribution is -2.34. The molecule has 0 radical (unpaired) electrons. The molecule has 2 atom stereocenters. The molecule has 0 saturated carbocycles. The minimum absolute atomic E-state index is 0.118. The van der Waals surface area contributed by atoms with Crippen LogP contribution >= 0.6 is 0 Å². The molecule has 2 unspecified atom stereocenters. The summed E-state index contributed by atoms with van der Waals surface area (Å²) in [4.78, 5) is 23.0. The van der Waals surface area contributed by atoms with E-state index < -0.39 is 0 Å². The zero-order valence-corrected chi connectivity index (χ0v) is 10.1. The van der Waals surface area contributed by atoms with Gasteiger partial charge in [0.25, 0.3) is 0 Å². The molecule has 0 amide bonds. The van der Waals surface area contributed by atoms with Gasteiger partial charge in [-0.2, -0.15) is 0 Å². The molecule has 0 aromatic rings. The van der Waals surface area contributed by atoms with Crippen LogP contribution in [-0.4, -0.2) is 11.6 Å². The Morgan fingerprint density at radius 1 is 0.714 bits per heavy atom. The van der Waals surface area contributed by atoms with Crippen LogP contribution in [0, 0.1) is 23.7 Å². The summed E-state index contributed by atoms with van der Waals surface area (Å²) in [5.41, 5.74) is 0. The number of hydrogen-bond acceptors (Lipinski definition) is 2. The molecule has 0 aliphatic rings. The van der Waals surface area contributed by atoms with Crippen LogP contribution < -0.4 is 0 Å². The number of ketones is 2. The quantitative estimate of drug-likeness (QED) is 0.680. The Bertz CT molecular complexity index is 192. The average Bonchev–Trinajstić information content (AvgIpc) is 1.96. The van der Waals surface area contributed by atoms with Crippen LogP contribution in [0.3, 0.4) is 0 Å². The van der Waals surface area contributed by atoms with Crippen LogP contribution in [0.5, 0.6) is 0 Å². The molecule has 0 heterocycles. The van der Waals surface area contributed by atoms with Gasteiger partial charge in [-0.3, -0.25) is 9.59 Å². The van der Waals surface area contributed by atoms with Crippen molar-refractivity contribution in [2.45, 2.75) is 41.5 Å². The topological polar surface area (TPSA) is 34.1 Å². The van der Waals surface area contributed by atoms with Crippen molar-refractivity contribution in [1.82, 2.24) is 0 Å². The minimum atomic E-state index is -0.118. The highest BCUT2D eigenvalue weighted by Gasteiger charge is 2.33. The van der Waals surface area contributed by atoms with Gasteiger partial charge in [-0.1, -0.05) is 27.7 Å². The summed E-state index contributed by atoms with van der Waals surface area (Å²) in [5, 5.41) is 0. The first-order chi connectivity index (χ1) is 6.29. The van der Waals surface area contributed by atoms with Crippen LogP contribution in [0.4, 0.5) is 0 Å². The van der Waals surface area contributed by atoms with Gasteiger partial charge in [0.1, 0.15) is 11.6 Å². The van der Waals surface area contributed by atoms with E-state index in [1.165, 1.54) is 0 Å². The minimum Gasteiger partial charge on any atom is -0.300 e. The van der Waals surface area contributed by atoms with Gasteiger partial charge in [0, 0.05) is 11.8 Å². The third kappa shape index (κ3) is 3.24. The molecule has 0 N–H and O–H groups in total. The van der Waals surface area contributed by atoms with Gasteiger partial charge in [0.15, 0.2) is 0 Å². The lowest BCUT2D eigenvalue weighted by molar-refractivity contribution is -0.133. The third-order valence-electron chi connectivity index (χ3n) is 2.76. The van der Waals surface area contributed by atoms with Crippen molar-refractivity contribution in [2.75, 3.05) is 0 Å². The molecular weight excluding hydrogens is 176 g/mol. The fourth-order valence-electron chi connectivity index (χ4n) is 2.27. The SMILES string of the molecule is CC(=O)C(C(C)C)C(C(C)=O)C(C)C. The Morgan fingerprint density at radius 2 is 0.929 bits per heavy atom. The lowest BCUT2D eigenvalue weighted by Gasteiger charge is -2.29. The van der Waals surface area contributed by atoms with Gasteiger partial charge < -0.3 is 0 Å². The maximum Gasteiger partial charge on any atom is 0.133 e. The first-order valence-electron chi connectivity index (χ1n) is 5.29. The number of carbonyl (C=O) groups is 2. The normalized spacial score (nSPS) is 15.7. The summed E-state index contributed by atoms with van der Waals surface area (Å²) in [6, 6.07) is 0. The molecule has 14 heavy (non-hydrogen) atoms. The molecule has 0 saturated heterocycles. The summed E-state index contributed by atoms with van der Waals surface area (Å²) >= 11 is 0. The van der Waals surface area contributed by atoms with Crippen molar-refractivity contribution in [3.8, 4) is 0 Å². The first kappa shape index (κ1) is 13.3. The molecule has 0 aliphatic carbocycles. The maximum atomic E-state index is 11.5. The van der Waals surface area contributed by atoms with E-state index in [-0.39, 0.29) is 35.2 Å². The largest absolute Gasteiger partial charge is 0.300 e. The van der Waals surface area contributed by atoms with Crippen LogP contribution in [0.15, 0.2) is 0 Å². The zero-order valence-electron chi connectivity index (χ0n) is 10.1. The summed E-state index contributed by atoms with van der Waals surface area (Å²) < 4.78 is 0. The highest BCUT2D eigenvalue weighted by atomic mass is 16.1. The molecule has 0 fully saturated rings. The van der Waals surface area contributed by atoms with E-state index in [1.54, 1.807) is 13.8 Å². The molecule has 0 aromatic heterocycles. The predicted molar refractivity (Wildman–Crippen MR) is 58.0 cm³/mol. The van der Waals surface area contributed by atoms with Crippen LogP contribution in [0.1, 0.15) is 41.5 Å². The second-order valence-corrected chi connectivity index (χ2v) is 4.76. The van der Waals surface area contributed by atoms with Gasteiger partial charge >= 0.3 is 0 Å². The van der Waals surface area contributed by atoms with Crippen LogP contribution in [0.25, 0.3) is 0 Å².